The standard InChI is InChI=1S/C14H20N2O4/c1-11(7-9-17)16-14(19)6-8-15-13(18)5-4-12-3-2-10-20-12/h2-5,10-11,17H,6-9H2,1H3,(H,15,18)(H,16,19)/b5-4+/t11-/m1/s1. The number of aliphatic hydroxyl groups excluding tert-OH is 1. The van der Waals surface area contributed by atoms with E-state index in [1.807, 2.05) is 6.92 Å². The van der Waals surface area contributed by atoms with E-state index in [2.05, 4.69) is 10.6 Å². The van der Waals surface area contributed by atoms with Gasteiger partial charge >= 0.3 is 0 Å². The number of rotatable bonds is 8. The molecular formula is C14H20N2O4. The van der Waals surface area contributed by atoms with Crippen LogP contribution in [0.25, 0.3) is 6.08 Å². The minimum absolute atomic E-state index is 0.0375. The lowest BCUT2D eigenvalue weighted by atomic mass is 10.2. The number of nitrogens with one attached hydrogen (secondary N) is 2. The molecule has 0 bridgehead atoms. The van der Waals surface area contributed by atoms with E-state index < -0.39 is 0 Å². The Morgan fingerprint density at radius 1 is 1.50 bits per heavy atom. The quantitative estimate of drug-likeness (QED) is 0.611. The third kappa shape index (κ3) is 6.75. The molecule has 0 spiro atoms. The zero-order valence-electron chi connectivity index (χ0n) is 11.5. The van der Waals surface area contributed by atoms with E-state index in [1.54, 1.807) is 18.2 Å². The molecule has 0 saturated heterocycles. The van der Waals surface area contributed by atoms with E-state index in [9.17, 15) is 9.59 Å². The van der Waals surface area contributed by atoms with Crippen LogP contribution in [-0.2, 0) is 9.59 Å². The van der Waals surface area contributed by atoms with Crippen LogP contribution in [-0.4, -0.2) is 36.1 Å². The number of amides is 2. The molecule has 0 radical (unpaired) electrons. The first-order valence-corrected chi connectivity index (χ1v) is 6.51. The molecule has 2 amide bonds. The van der Waals surface area contributed by atoms with Crippen molar-refractivity contribution in [3.05, 3.63) is 30.2 Å². The average Bonchev–Trinajstić information content (AvgIpc) is 2.89. The molecule has 0 aliphatic heterocycles. The molecule has 1 aromatic rings. The summed E-state index contributed by atoms with van der Waals surface area (Å²) < 4.78 is 5.04. The molecule has 1 atom stereocenters. The molecule has 0 fully saturated rings. The summed E-state index contributed by atoms with van der Waals surface area (Å²) in [6, 6.07) is 3.40. The maximum atomic E-state index is 11.5. The van der Waals surface area contributed by atoms with Crippen molar-refractivity contribution in [2.24, 2.45) is 0 Å². The second-order valence-electron chi connectivity index (χ2n) is 4.37. The largest absolute Gasteiger partial charge is 0.465 e. The third-order valence-corrected chi connectivity index (χ3v) is 2.56. The Morgan fingerprint density at radius 2 is 2.30 bits per heavy atom. The van der Waals surface area contributed by atoms with Gasteiger partial charge in [0.05, 0.1) is 6.26 Å². The van der Waals surface area contributed by atoms with Crippen molar-refractivity contribution in [1.29, 1.82) is 0 Å². The van der Waals surface area contributed by atoms with Crippen LogP contribution in [0.2, 0.25) is 0 Å². The summed E-state index contributed by atoms with van der Waals surface area (Å²) in [6.45, 7) is 2.12. The molecule has 6 nitrogen and oxygen atoms in total. The van der Waals surface area contributed by atoms with Gasteiger partial charge in [0.25, 0.3) is 0 Å². The minimum Gasteiger partial charge on any atom is -0.465 e. The minimum atomic E-state index is -0.280. The summed E-state index contributed by atoms with van der Waals surface area (Å²) in [6.07, 6.45) is 5.15. The van der Waals surface area contributed by atoms with Gasteiger partial charge in [-0.25, -0.2) is 0 Å². The molecule has 6 heteroatoms. The Labute approximate surface area is 117 Å². The van der Waals surface area contributed by atoms with Crippen molar-refractivity contribution in [3.63, 3.8) is 0 Å². The molecule has 20 heavy (non-hydrogen) atoms. The van der Waals surface area contributed by atoms with E-state index in [4.69, 9.17) is 9.52 Å². The molecule has 1 aromatic heterocycles. The molecule has 0 saturated carbocycles. The third-order valence-electron chi connectivity index (χ3n) is 2.56. The highest BCUT2D eigenvalue weighted by molar-refractivity contribution is 5.91. The Morgan fingerprint density at radius 3 is 2.95 bits per heavy atom. The molecule has 1 rings (SSSR count). The molecule has 0 unspecified atom stereocenters. The van der Waals surface area contributed by atoms with Crippen LogP contribution in [0, 0.1) is 0 Å². The zero-order chi connectivity index (χ0) is 14.8. The average molecular weight is 280 g/mol. The Balaban J connectivity index is 2.17. The van der Waals surface area contributed by atoms with Crippen LogP contribution in [0.15, 0.2) is 28.9 Å². The number of hydrogen-bond acceptors (Lipinski definition) is 4. The topological polar surface area (TPSA) is 91.6 Å². The van der Waals surface area contributed by atoms with Gasteiger partial charge in [-0.15, -0.1) is 0 Å². The highest BCUT2D eigenvalue weighted by Gasteiger charge is 2.06. The van der Waals surface area contributed by atoms with Crippen LogP contribution in [0.5, 0.6) is 0 Å². The van der Waals surface area contributed by atoms with Crippen LogP contribution < -0.4 is 10.6 Å². The highest BCUT2D eigenvalue weighted by atomic mass is 16.3. The predicted octanol–water partition coefficient (Wildman–Crippen LogP) is 0.686. The van der Waals surface area contributed by atoms with Gasteiger partial charge in [-0.1, -0.05) is 0 Å². The van der Waals surface area contributed by atoms with E-state index in [0.717, 1.165) is 0 Å². The van der Waals surface area contributed by atoms with Crippen LogP contribution >= 0.6 is 0 Å². The summed E-state index contributed by atoms with van der Waals surface area (Å²) in [5.41, 5.74) is 0. The summed E-state index contributed by atoms with van der Waals surface area (Å²) in [7, 11) is 0. The number of aliphatic hydroxyl groups is 1. The van der Waals surface area contributed by atoms with Gasteiger partial charge in [-0.3, -0.25) is 9.59 Å². The van der Waals surface area contributed by atoms with Crippen molar-refractivity contribution < 1.29 is 19.1 Å². The van der Waals surface area contributed by atoms with Crippen molar-refractivity contribution in [2.45, 2.75) is 25.8 Å². The van der Waals surface area contributed by atoms with Crippen LogP contribution in [0.3, 0.4) is 0 Å². The molecule has 110 valence electrons. The van der Waals surface area contributed by atoms with Gasteiger partial charge in [-0.2, -0.15) is 0 Å². The molecule has 0 aromatic carbocycles. The fourth-order valence-electron chi connectivity index (χ4n) is 1.51. The summed E-state index contributed by atoms with van der Waals surface area (Å²) in [4.78, 5) is 22.9. The summed E-state index contributed by atoms with van der Waals surface area (Å²) in [5.74, 6) is 0.162. The first-order valence-electron chi connectivity index (χ1n) is 6.51. The molecular weight excluding hydrogens is 260 g/mol. The smallest absolute Gasteiger partial charge is 0.244 e. The Kier molecular flexibility index (Phi) is 7.13. The second-order valence-corrected chi connectivity index (χ2v) is 4.37. The van der Waals surface area contributed by atoms with Crippen molar-refractivity contribution in [2.75, 3.05) is 13.2 Å². The molecule has 0 aliphatic rings. The lowest BCUT2D eigenvalue weighted by molar-refractivity contribution is -0.121. The van der Waals surface area contributed by atoms with E-state index in [0.29, 0.717) is 12.2 Å². The fourth-order valence-corrected chi connectivity index (χ4v) is 1.51. The normalized spacial score (nSPS) is 12.3. The monoisotopic (exact) mass is 280 g/mol. The van der Waals surface area contributed by atoms with Gasteiger partial charge in [-0.05, 0) is 31.6 Å². The van der Waals surface area contributed by atoms with Gasteiger partial charge < -0.3 is 20.2 Å². The fraction of sp³-hybridized carbons (Fsp3) is 0.429. The van der Waals surface area contributed by atoms with Gasteiger partial charge in [0.1, 0.15) is 5.76 Å². The lowest BCUT2D eigenvalue weighted by Gasteiger charge is -2.12. The predicted molar refractivity (Wildman–Crippen MR) is 74.7 cm³/mol. The molecule has 3 N–H and O–H groups in total. The van der Waals surface area contributed by atoms with Crippen LogP contribution in [0.4, 0.5) is 0 Å². The van der Waals surface area contributed by atoms with Crippen molar-refractivity contribution in [1.82, 2.24) is 10.6 Å². The number of carbonyl (C=O) groups is 2. The Hall–Kier alpha value is -2.08. The SMILES string of the molecule is C[C@H](CCO)NC(=O)CCNC(=O)/C=C/c1ccco1. The first-order chi connectivity index (χ1) is 9.61. The number of hydrogen-bond donors (Lipinski definition) is 3. The maximum Gasteiger partial charge on any atom is 0.244 e. The number of furan rings is 1. The highest BCUT2D eigenvalue weighted by Crippen LogP contribution is 2.01. The van der Waals surface area contributed by atoms with Gasteiger partial charge in [0.2, 0.25) is 11.8 Å². The van der Waals surface area contributed by atoms with Gasteiger partial charge in [0, 0.05) is 31.7 Å². The number of carbonyl (C=O) groups excluding carboxylic acids is 2. The van der Waals surface area contributed by atoms with Crippen molar-refractivity contribution in [3.8, 4) is 0 Å². The van der Waals surface area contributed by atoms with E-state index in [-0.39, 0.29) is 37.4 Å². The van der Waals surface area contributed by atoms with Crippen LogP contribution in [0.1, 0.15) is 25.5 Å². The molecule has 0 aliphatic carbocycles. The maximum absolute atomic E-state index is 11.5. The van der Waals surface area contributed by atoms with Gasteiger partial charge in [0.15, 0.2) is 0 Å². The lowest BCUT2D eigenvalue weighted by Crippen LogP contribution is -2.35. The summed E-state index contributed by atoms with van der Waals surface area (Å²) >= 11 is 0. The van der Waals surface area contributed by atoms with E-state index in [1.165, 1.54) is 12.3 Å². The van der Waals surface area contributed by atoms with Crippen molar-refractivity contribution >= 4 is 17.9 Å². The Bertz CT molecular complexity index is 440. The second kappa shape index (κ2) is 8.92. The summed E-state index contributed by atoms with van der Waals surface area (Å²) in [5, 5.41) is 14.0. The van der Waals surface area contributed by atoms with E-state index >= 15 is 0 Å². The first kappa shape index (κ1) is 16.0. The zero-order valence-corrected chi connectivity index (χ0v) is 11.5. The molecule has 1 heterocycles.